The van der Waals surface area contributed by atoms with Gasteiger partial charge < -0.3 is 15.2 Å². The molecule has 2 atom stereocenters. The summed E-state index contributed by atoms with van der Waals surface area (Å²) in [5, 5.41) is 12.0. The van der Waals surface area contributed by atoms with Crippen LogP contribution < -0.4 is 10.1 Å². The second-order valence-corrected chi connectivity index (χ2v) is 5.88. The normalized spacial score (nSPS) is 13.7. The topological polar surface area (TPSA) is 58.6 Å². The largest absolute Gasteiger partial charge is 0.483 e. The van der Waals surface area contributed by atoms with Crippen molar-refractivity contribution in [2.45, 2.75) is 32.1 Å². The van der Waals surface area contributed by atoms with Crippen molar-refractivity contribution in [3.8, 4) is 5.75 Å². The SMILES string of the molecule is CSC(CO)C(C)NC(=O)COc1cccc(C)c1C. The zero-order chi connectivity index (χ0) is 15.1. The summed E-state index contributed by atoms with van der Waals surface area (Å²) < 4.78 is 5.55. The van der Waals surface area contributed by atoms with Crippen LogP contribution in [0.5, 0.6) is 5.75 Å². The Morgan fingerprint density at radius 3 is 2.75 bits per heavy atom. The highest BCUT2D eigenvalue weighted by Gasteiger charge is 2.17. The van der Waals surface area contributed by atoms with Gasteiger partial charge in [-0.3, -0.25) is 4.79 Å². The molecule has 5 heteroatoms. The first-order valence-corrected chi connectivity index (χ1v) is 7.90. The average molecular weight is 297 g/mol. The molecule has 0 aliphatic rings. The van der Waals surface area contributed by atoms with E-state index in [1.165, 1.54) is 11.8 Å². The highest BCUT2D eigenvalue weighted by Crippen LogP contribution is 2.20. The number of hydrogen-bond donors (Lipinski definition) is 2. The van der Waals surface area contributed by atoms with E-state index in [9.17, 15) is 9.90 Å². The summed E-state index contributed by atoms with van der Waals surface area (Å²) in [4.78, 5) is 11.8. The van der Waals surface area contributed by atoms with E-state index in [1.807, 2.05) is 45.2 Å². The van der Waals surface area contributed by atoms with Gasteiger partial charge in [0.1, 0.15) is 5.75 Å². The van der Waals surface area contributed by atoms with Crippen LogP contribution >= 0.6 is 11.8 Å². The fourth-order valence-electron chi connectivity index (χ4n) is 1.85. The molecule has 112 valence electrons. The fourth-order valence-corrected chi connectivity index (χ4v) is 2.47. The minimum absolute atomic E-state index is 0.000319. The van der Waals surface area contributed by atoms with Gasteiger partial charge in [0.05, 0.1) is 6.61 Å². The molecule has 0 radical (unpaired) electrons. The lowest BCUT2D eigenvalue weighted by Gasteiger charge is -2.21. The van der Waals surface area contributed by atoms with Gasteiger partial charge in [-0.15, -0.1) is 0 Å². The molecular weight excluding hydrogens is 274 g/mol. The lowest BCUT2D eigenvalue weighted by Crippen LogP contribution is -2.43. The number of aliphatic hydroxyl groups is 1. The zero-order valence-corrected chi connectivity index (χ0v) is 13.3. The molecule has 0 aliphatic carbocycles. The number of nitrogens with one attached hydrogen (secondary N) is 1. The van der Waals surface area contributed by atoms with E-state index in [-0.39, 0.29) is 30.4 Å². The van der Waals surface area contributed by atoms with Crippen LogP contribution in [0.1, 0.15) is 18.1 Å². The maximum atomic E-state index is 11.8. The van der Waals surface area contributed by atoms with E-state index in [1.54, 1.807) is 0 Å². The third-order valence-corrected chi connectivity index (χ3v) is 4.51. The second kappa shape index (κ2) is 8.17. The van der Waals surface area contributed by atoms with Crippen LogP contribution in [0.4, 0.5) is 0 Å². The van der Waals surface area contributed by atoms with Crippen molar-refractivity contribution in [2.24, 2.45) is 0 Å². The van der Waals surface area contributed by atoms with Crippen molar-refractivity contribution in [3.05, 3.63) is 29.3 Å². The maximum absolute atomic E-state index is 11.8. The number of thioether (sulfide) groups is 1. The number of aliphatic hydroxyl groups excluding tert-OH is 1. The third kappa shape index (κ3) is 4.72. The summed E-state index contributed by atoms with van der Waals surface area (Å²) in [5.74, 6) is 0.558. The molecule has 0 saturated heterocycles. The van der Waals surface area contributed by atoms with Crippen molar-refractivity contribution in [3.63, 3.8) is 0 Å². The van der Waals surface area contributed by atoms with Gasteiger partial charge >= 0.3 is 0 Å². The van der Waals surface area contributed by atoms with Gasteiger partial charge in [-0.25, -0.2) is 0 Å². The number of benzene rings is 1. The number of amides is 1. The quantitative estimate of drug-likeness (QED) is 0.807. The van der Waals surface area contributed by atoms with Crippen molar-refractivity contribution in [2.75, 3.05) is 19.5 Å². The number of ether oxygens (including phenoxy) is 1. The van der Waals surface area contributed by atoms with Crippen LogP contribution in [0, 0.1) is 13.8 Å². The minimum atomic E-state index is -0.175. The summed E-state index contributed by atoms with van der Waals surface area (Å²) >= 11 is 1.53. The standard InChI is InChI=1S/C15H23NO3S/c1-10-6-5-7-13(11(10)2)19-9-15(18)16-12(3)14(8-17)20-4/h5-7,12,14,17H,8-9H2,1-4H3,(H,16,18). The lowest BCUT2D eigenvalue weighted by molar-refractivity contribution is -0.123. The van der Waals surface area contributed by atoms with Crippen LogP contribution in [-0.2, 0) is 4.79 Å². The Hall–Kier alpha value is -1.20. The molecule has 2 unspecified atom stereocenters. The number of aryl methyl sites for hydroxylation is 1. The highest BCUT2D eigenvalue weighted by molar-refractivity contribution is 7.99. The molecule has 20 heavy (non-hydrogen) atoms. The van der Waals surface area contributed by atoms with Crippen LogP contribution in [0.2, 0.25) is 0 Å². The second-order valence-electron chi connectivity index (χ2n) is 4.80. The van der Waals surface area contributed by atoms with E-state index in [0.717, 1.165) is 16.9 Å². The molecule has 1 aromatic carbocycles. The predicted molar refractivity (Wildman–Crippen MR) is 83.4 cm³/mol. The van der Waals surface area contributed by atoms with Crippen molar-refractivity contribution in [1.29, 1.82) is 0 Å². The molecule has 0 spiro atoms. The average Bonchev–Trinajstić information content (AvgIpc) is 2.42. The zero-order valence-electron chi connectivity index (χ0n) is 12.5. The monoisotopic (exact) mass is 297 g/mol. The third-order valence-electron chi connectivity index (χ3n) is 3.34. The number of carbonyl (C=O) groups excluding carboxylic acids is 1. The van der Waals surface area contributed by atoms with Gasteiger partial charge in [0.15, 0.2) is 6.61 Å². The molecule has 0 saturated carbocycles. The first-order chi connectivity index (χ1) is 9.49. The number of carbonyl (C=O) groups is 1. The molecule has 1 rings (SSSR count). The Labute approximate surface area is 124 Å². The minimum Gasteiger partial charge on any atom is -0.483 e. The van der Waals surface area contributed by atoms with E-state index < -0.39 is 0 Å². The molecule has 4 nitrogen and oxygen atoms in total. The van der Waals surface area contributed by atoms with Crippen LogP contribution in [0.15, 0.2) is 18.2 Å². The first kappa shape index (κ1) is 16.9. The molecule has 1 amide bonds. The van der Waals surface area contributed by atoms with Gasteiger partial charge in [-0.2, -0.15) is 11.8 Å². The van der Waals surface area contributed by atoms with Crippen LogP contribution in [0.3, 0.4) is 0 Å². The summed E-state index contributed by atoms with van der Waals surface area (Å²) in [7, 11) is 0. The summed E-state index contributed by atoms with van der Waals surface area (Å²) in [5.41, 5.74) is 2.18. The Bertz CT molecular complexity index is 447. The summed E-state index contributed by atoms with van der Waals surface area (Å²) in [6.45, 7) is 5.89. The van der Waals surface area contributed by atoms with E-state index >= 15 is 0 Å². The molecule has 2 N–H and O–H groups in total. The van der Waals surface area contributed by atoms with E-state index in [4.69, 9.17) is 4.74 Å². The van der Waals surface area contributed by atoms with E-state index in [2.05, 4.69) is 5.32 Å². The van der Waals surface area contributed by atoms with Crippen LogP contribution in [0.25, 0.3) is 0 Å². The van der Waals surface area contributed by atoms with Gasteiger partial charge in [0.2, 0.25) is 0 Å². The van der Waals surface area contributed by atoms with Gasteiger partial charge in [-0.1, -0.05) is 12.1 Å². The Kier molecular flexibility index (Phi) is 6.88. The van der Waals surface area contributed by atoms with Crippen molar-refractivity contribution >= 4 is 17.7 Å². The molecule has 0 bridgehead atoms. The van der Waals surface area contributed by atoms with Gasteiger partial charge in [0.25, 0.3) is 5.91 Å². The molecule has 0 heterocycles. The fraction of sp³-hybridized carbons (Fsp3) is 0.533. The lowest BCUT2D eigenvalue weighted by atomic mass is 10.1. The molecule has 0 aliphatic heterocycles. The van der Waals surface area contributed by atoms with Crippen molar-refractivity contribution < 1.29 is 14.6 Å². The Morgan fingerprint density at radius 1 is 1.45 bits per heavy atom. The summed E-state index contributed by atoms with van der Waals surface area (Å²) in [6.07, 6.45) is 1.91. The molecule has 0 aromatic heterocycles. The highest BCUT2D eigenvalue weighted by atomic mass is 32.2. The van der Waals surface area contributed by atoms with Crippen molar-refractivity contribution in [1.82, 2.24) is 5.32 Å². The Balaban J connectivity index is 2.49. The number of hydrogen-bond acceptors (Lipinski definition) is 4. The molecular formula is C15H23NO3S. The Morgan fingerprint density at radius 2 is 2.15 bits per heavy atom. The maximum Gasteiger partial charge on any atom is 0.258 e. The smallest absolute Gasteiger partial charge is 0.258 e. The van der Waals surface area contributed by atoms with Gasteiger partial charge in [0, 0.05) is 11.3 Å². The first-order valence-electron chi connectivity index (χ1n) is 6.61. The van der Waals surface area contributed by atoms with Crippen LogP contribution in [-0.4, -0.2) is 41.8 Å². The molecule has 1 aromatic rings. The van der Waals surface area contributed by atoms with Gasteiger partial charge in [-0.05, 0) is 44.2 Å². The predicted octanol–water partition coefficient (Wildman–Crippen LogP) is 1.91. The van der Waals surface area contributed by atoms with E-state index in [0.29, 0.717) is 0 Å². The number of rotatable bonds is 7. The summed E-state index contributed by atoms with van der Waals surface area (Å²) in [6, 6.07) is 5.68. The molecule has 0 fully saturated rings.